The summed E-state index contributed by atoms with van der Waals surface area (Å²) in [5, 5.41) is 5.48. The molecule has 2 aromatic carbocycles. The van der Waals surface area contributed by atoms with Gasteiger partial charge in [0.25, 0.3) is 5.91 Å². The van der Waals surface area contributed by atoms with Crippen LogP contribution in [0.2, 0.25) is 0 Å². The maximum absolute atomic E-state index is 12.4. The monoisotopic (exact) mass is 324 g/mol. The van der Waals surface area contributed by atoms with Crippen LogP contribution >= 0.6 is 0 Å². The Morgan fingerprint density at radius 3 is 2.33 bits per heavy atom. The summed E-state index contributed by atoms with van der Waals surface area (Å²) < 4.78 is 5.54. The lowest BCUT2D eigenvalue weighted by Gasteiger charge is -2.10. The van der Waals surface area contributed by atoms with E-state index in [2.05, 4.69) is 17.2 Å². The fourth-order valence-corrected chi connectivity index (χ4v) is 2.01. The van der Waals surface area contributed by atoms with Crippen molar-refractivity contribution < 1.29 is 14.3 Å². The fourth-order valence-electron chi connectivity index (χ4n) is 2.01. The predicted molar refractivity (Wildman–Crippen MR) is 95.4 cm³/mol. The molecule has 5 nitrogen and oxygen atoms in total. The Morgan fingerprint density at radius 2 is 1.67 bits per heavy atom. The number of hydrogen-bond acceptors (Lipinski definition) is 3. The van der Waals surface area contributed by atoms with Gasteiger partial charge >= 0.3 is 0 Å². The van der Waals surface area contributed by atoms with Crippen LogP contribution in [0.5, 0.6) is 5.75 Å². The minimum absolute atomic E-state index is 0.166. The topological polar surface area (TPSA) is 67.4 Å². The Bertz CT molecular complexity index is 769. The molecule has 0 unspecified atom stereocenters. The lowest BCUT2D eigenvalue weighted by molar-refractivity contribution is -0.114. The summed E-state index contributed by atoms with van der Waals surface area (Å²) in [6, 6.07) is 13.9. The molecule has 0 aliphatic rings. The fraction of sp³-hybridized carbons (Fsp3) is 0.158. The van der Waals surface area contributed by atoms with E-state index in [4.69, 9.17) is 4.74 Å². The molecule has 2 N–H and O–H groups in total. The maximum Gasteiger partial charge on any atom is 0.255 e. The smallest absolute Gasteiger partial charge is 0.255 e. The first-order chi connectivity index (χ1) is 11.4. The highest BCUT2D eigenvalue weighted by atomic mass is 16.5. The third-order valence-corrected chi connectivity index (χ3v) is 3.02. The van der Waals surface area contributed by atoms with Gasteiger partial charge in [-0.1, -0.05) is 18.7 Å². The van der Waals surface area contributed by atoms with Gasteiger partial charge in [-0.2, -0.15) is 0 Å². The Labute approximate surface area is 141 Å². The standard InChI is InChI=1S/C19H20N2O3/c1-13(2)12-24-18-9-4-6-15(10-18)19(23)21-17-8-5-7-16(11-17)20-14(3)22/h4-11H,1,12H2,2-3H3,(H,20,22)(H,21,23). The number of carbonyl (C=O) groups is 2. The third-order valence-electron chi connectivity index (χ3n) is 3.02. The Kier molecular flexibility index (Phi) is 5.73. The average Bonchev–Trinajstić information content (AvgIpc) is 2.53. The quantitative estimate of drug-likeness (QED) is 0.793. The van der Waals surface area contributed by atoms with Gasteiger partial charge in [0.15, 0.2) is 0 Å². The molecule has 0 radical (unpaired) electrons. The number of nitrogens with one attached hydrogen (secondary N) is 2. The van der Waals surface area contributed by atoms with Crippen LogP contribution in [0.25, 0.3) is 0 Å². The molecule has 0 saturated carbocycles. The van der Waals surface area contributed by atoms with Gasteiger partial charge in [0.05, 0.1) is 0 Å². The summed E-state index contributed by atoms with van der Waals surface area (Å²) in [6.07, 6.45) is 0. The molecule has 0 heterocycles. The lowest BCUT2D eigenvalue weighted by Crippen LogP contribution is -2.13. The molecular formula is C19H20N2O3. The van der Waals surface area contributed by atoms with Crippen LogP contribution in [0.15, 0.2) is 60.7 Å². The summed E-state index contributed by atoms with van der Waals surface area (Å²) in [4.78, 5) is 23.5. The molecule has 0 fully saturated rings. The molecule has 0 bridgehead atoms. The minimum atomic E-state index is -0.254. The zero-order valence-electron chi connectivity index (χ0n) is 13.8. The molecule has 0 aromatic heterocycles. The number of benzene rings is 2. The van der Waals surface area contributed by atoms with E-state index >= 15 is 0 Å². The van der Waals surface area contributed by atoms with Gasteiger partial charge in [-0.25, -0.2) is 0 Å². The van der Waals surface area contributed by atoms with Crippen LogP contribution < -0.4 is 15.4 Å². The normalized spacial score (nSPS) is 9.92. The van der Waals surface area contributed by atoms with E-state index in [1.54, 1.807) is 48.5 Å². The first kappa shape index (κ1) is 17.3. The van der Waals surface area contributed by atoms with Crippen molar-refractivity contribution in [3.05, 3.63) is 66.2 Å². The molecule has 5 heteroatoms. The van der Waals surface area contributed by atoms with E-state index in [-0.39, 0.29) is 11.8 Å². The van der Waals surface area contributed by atoms with E-state index in [0.717, 1.165) is 5.57 Å². The minimum Gasteiger partial charge on any atom is -0.489 e. The van der Waals surface area contributed by atoms with E-state index < -0.39 is 0 Å². The highest BCUT2D eigenvalue weighted by molar-refractivity contribution is 6.04. The van der Waals surface area contributed by atoms with Gasteiger partial charge in [-0.05, 0) is 48.9 Å². The number of rotatable bonds is 6. The van der Waals surface area contributed by atoms with Gasteiger partial charge in [-0.15, -0.1) is 0 Å². The second-order valence-electron chi connectivity index (χ2n) is 5.49. The first-order valence-electron chi connectivity index (χ1n) is 7.50. The molecule has 124 valence electrons. The Balaban J connectivity index is 2.08. The summed E-state index contributed by atoms with van der Waals surface area (Å²) >= 11 is 0. The molecule has 0 saturated heterocycles. The zero-order valence-corrected chi connectivity index (χ0v) is 13.8. The van der Waals surface area contributed by atoms with Crippen LogP contribution in [0, 0.1) is 0 Å². The van der Waals surface area contributed by atoms with Crippen molar-refractivity contribution in [1.82, 2.24) is 0 Å². The van der Waals surface area contributed by atoms with Crippen molar-refractivity contribution in [2.45, 2.75) is 13.8 Å². The van der Waals surface area contributed by atoms with E-state index in [1.165, 1.54) is 6.92 Å². The van der Waals surface area contributed by atoms with E-state index in [9.17, 15) is 9.59 Å². The number of amides is 2. The summed E-state index contributed by atoms with van der Waals surface area (Å²) in [7, 11) is 0. The summed E-state index contributed by atoms with van der Waals surface area (Å²) in [5.41, 5.74) is 2.61. The lowest BCUT2D eigenvalue weighted by atomic mass is 10.2. The van der Waals surface area contributed by atoms with Gasteiger partial charge in [-0.3, -0.25) is 9.59 Å². The van der Waals surface area contributed by atoms with Crippen LogP contribution in [0.3, 0.4) is 0 Å². The van der Waals surface area contributed by atoms with Gasteiger partial charge in [0.1, 0.15) is 12.4 Å². The number of ether oxygens (including phenoxy) is 1. The molecule has 2 amide bonds. The van der Waals surface area contributed by atoms with Crippen molar-refractivity contribution in [1.29, 1.82) is 0 Å². The second kappa shape index (κ2) is 7.97. The van der Waals surface area contributed by atoms with Gasteiger partial charge in [0.2, 0.25) is 5.91 Å². The van der Waals surface area contributed by atoms with Crippen molar-refractivity contribution >= 4 is 23.2 Å². The molecule has 2 aromatic rings. The van der Waals surface area contributed by atoms with Crippen molar-refractivity contribution in [2.24, 2.45) is 0 Å². The molecular weight excluding hydrogens is 304 g/mol. The first-order valence-corrected chi connectivity index (χ1v) is 7.50. The SMILES string of the molecule is C=C(C)COc1cccc(C(=O)Nc2cccc(NC(C)=O)c2)c1. The number of hydrogen-bond donors (Lipinski definition) is 2. The summed E-state index contributed by atoms with van der Waals surface area (Å²) in [6.45, 7) is 7.49. The van der Waals surface area contributed by atoms with Crippen LogP contribution in [-0.4, -0.2) is 18.4 Å². The predicted octanol–water partition coefficient (Wildman–Crippen LogP) is 3.85. The average molecular weight is 324 g/mol. The maximum atomic E-state index is 12.4. The molecule has 2 rings (SSSR count). The molecule has 0 aliphatic heterocycles. The second-order valence-corrected chi connectivity index (χ2v) is 5.49. The summed E-state index contributed by atoms with van der Waals surface area (Å²) in [5.74, 6) is 0.189. The molecule has 0 spiro atoms. The van der Waals surface area contributed by atoms with Crippen LogP contribution in [-0.2, 0) is 4.79 Å². The number of carbonyl (C=O) groups excluding carboxylic acids is 2. The van der Waals surface area contributed by atoms with Crippen LogP contribution in [0.4, 0.5) is 11.4 Å². The largest absolute Gasteiger partial charge is 0.489 e. The van der Waals surface area contributed by atoms with Crippen molar-refractivity contribution in [3.63, 3.8) is 0 Å². The number of anilines is 2. The Hall–Kier alpha value is -3.08. The molecule has 0 aliphatic carbocycles. The van der Waals surface area contributed by atoms with E-state index in [1.807, 2.05) is 6.92 Å². The highest BCUT2D eigenvalue weighted by Crippen LogP contribution is 2.18. The van der Waals surface area contributed by atoms with Crippen LogP contribution in [0.1, 0.15) is 24.2 Å². The molecule has 24 heavy (non-hydrogen) atoms. The third kappa shape index (κ3) is 5.28. The Morgan fingerprint density at radius 1 is 1.00 bits per heavy atom. The highest BCUT2D eigenvalue weighted by Gasteiger charge is 2.08. The van der Waals surface area contributed by atoms with Crippen molar-refractivity contribution in [2.75, 3.05) is 17.2 Å². The van der Waals surface area contributed by atoms with E-state index in [0.29, 0.717) is 29.3 Å². The molecule has 0 atom stereocenters. The van der Waals surface area contributed by atoms with Crippen molar-refractivity contribution in [3.8, 4) is 5.75 Å². The van der Waals surface area contributed by atoms with Gasteiger partial charge < -0.3 is 15.4 Å². The van der Waals surface area contributed by atoms with Gasteiger partial charge in [0, 0.05) is 23.9 Å². The zero-order chi connectivity index (χ0) is 17.5.